The van der Waals surface area contributed by atoms with E-state index in [2.05, 4.69) is 4.98 Å². The number of ketones is 1. The molecule has 5 rings (SSSR count). The zero-order valence-electron chi connectivity index (χ0n) is 19.6. The Hall–Kier alpha value is -4.77. The number of Topliss-reactive ketones (excluding diaryl/α,β-unsaturated/α-hetero) is 1. The number of methoxy groups -OCH3 is 2. The van der Waals surface area contributed by atoms with Gasteiger partial charge in [0, 0.05) is 17.7 Å². The van der Waals surface area contributed by atoms with Crippen molar-refractivity contribution in [2.45, 2.75) is 6.04 Å². The molecule has 1 aliphatic rings. The second-order valence-electron chi connectivity index (χ2n) is 8.08. The molecule has 37 heavy (non-hydrogen) atoms. The lowest BCUT2D eigenvalue weighted by molar-refractivity contribution is -0.384. The van der Waals surface area contributed by atoms with E-state index in [0.717, 1.165) is 11.3 Å². The van der Waals surface area contributed by atoms with Crippen molar-refractivity contribution in [1.29, 1.82) is 0 Å². The summed E-state index contributed by atoms with van der Waals surface area (Å²) in [5.41, 5.74) is 0.716. The Morgan fingerprint density at radius 3 is 2.41 bits per heavy atom. The smallest absolute Gasteiger partial charge is 0.301 e. The molecule has 1 aliphatic heterocycles. The van der Waals surface area contributed by atoms with Crippen molar-refractivity contribution in [1.82, 2.24) is 4.98 Å². The van der Waals surface area contributed by atoms with Crippen LogP contribution in [0.3, 0.4) is 0 Å². The van der Waals surface area contributed by atoms with Crippen LogP contribution in [-0.4, -0.2) is 40.9 Å². The molecule has 1 fully saturated rings. The third kappa shape index (κ3) is 4.15. The van der Waals surface area contributed by atoms with E-state index >= 15 is 0 Å². The Labute approximate surface area is 214 Å². The number of anilines is 1. The average Bonchev–Trinajstić information content (AvgIpc) is 3.45. The van der Waals surface area contributed by atoms with Crippen molar-refractivity contribution in [3.63, 3.8) is 0 Å². The highest BCUT2D eigenvalue weighted by Gasteiger charge is 2.48. The third-order valence-corrected chi connectivity index (χ3v) is 7.01. The molecule has 10 nitrogen and oxygen atoms in total. The van der Waals surface area contributed by atoms with Crippen LogP contribution < -0.4 is 14.4 Å². The monoisotopic (exact) mass is 517 g/mol. The van der Waals surface area contributed by atoms with Crippen molar-refractivity contribution in [3.05, 3.63) is 93.5 Å². The minimum Gasteiger partial charge on any atom is -0.507 e. The molecule has 1 aromatic heterocycles. The number of nitro benzene ring substituents is 1. The van der Waals surface area contributed by atoms with E-state index in [-0.39, 0.29) is 27.5 Å². The summed E-state index contributed by atoms with van der Waals surface area (Å²) in [6.07, 6.45) is 0. The highest BCUT2D eigenvalue weighted by Crippen LogP contribution is 2.45. The number of rotatable bonds is 6. The zero-order chi connectivity index (χ0) is 26.3. The number of hydrogen-bond acceptors (Lipinski definition) is 9. The topological polar surface area (TPSA) is 132 Å². The van der Waals surface area contributed by atoms with Crippen LogP contribution in [0.2, 0.25) is 0 Å². The molecule has 186 valence electrons. The number of ether oxygens (including phenoxy) is 2. The number of amides is 1. The van der Waals surface area contributed by atoms with Crippen LogP contribution in [-0.2, 0) is 9.59 Å². The van der Waals surface area contributed by atoms with Gasteiger partial charge in [0.2, 0.25) is 0 Å². The number of nitro groups is 1. The Morgan fingerprint density at radius 2 is 1.73 bits per heavy atom. The van der Waals surface area contributed by atoms with Gasteiger partial charge in [0.1, 0.15) is 17.3 Å². The first-order valence-corrected chi connectivity index (χ1v) is 11.8. The van der Waals surface area contributed by atoms with Gasteiger partial charge in [0.05, 0.1) is 41.0 Å². The summed E-state index contributed by atoms with van der Waals surface area (Å²) >= 11 is 1.16. The average molecular weight is 518 g/mol. The van der Waals surface area contributed by atoms with Crippen LogP contribution in [0.15, 0.2) is 72.3 Å². The summed E-state index contributed by atoms with van der Waals surface area (Å²) in [5.74, 6) is -1.11. The minimum absolute atomic E-state index is 0.201. The van der Waals surface area contributed by atoms with Gasteiger partial charge >= 0.3 is 5.91 Å². The molecule has 0 aliphatic carbocycles. The first-order valence-electron chi connectivity index (χ1n) is 11.0. The Balaban J connectivity index is 1.72. The van der Waals surface area contributed by atoms with Gasteiger partial charge in [-0.15, -0.1) is 0 Å². The zero-order valence-corrected chi connectivity index (χ0v) is 20.4. The highest BCUT2D eigenvalue weighted by atomic mass is 32.1. The van der Waals surface area contributed by atoms with Crippen LogP contribution in [0.5, 0.6) is 11.5 Å². The van der Waals surface area contributed by atoms with Crippen LogP contribution in [0.4, 0.5) is 10.8 Å². The first-order chi connectivity index (χ1) is 17.8. The number of aromatic nitrogens is 1. The van der Waals surface area contributed by atoms with E-state index in [1.54, 1.807) is 48.5 Å². The van der Waals surface area contributed by atoms with E-state index in [4.69, 9.17) is 9.47 Å². The highest BCUT2D eigenvalue weighted by molar-refractivity contribution is 7.22. The lowest BCUT2D eigenvalue weighted by Gasteiger charge is -2.22. The normalized spacial score (nSPS) is 16.8. The predicted octanol–water partition coefficient (Wildman–Crippen LogP) is 4.85. The molecule has 3 aromatic carbocycles. The molecular weight excluding hydrogens is 498 g/mol. The number of benzene rings is 3. The quantitative estimate of drug-likeness (QED) is 0.126. The van der Waals surface area contributed by atoms with Crippen LogP contribution in [0.1, 0.15) is 17.2 Å². The fraction of sp³-hybridized carbons (Fsp3) is 0.115. The number of nitrogens with zero attached hydrogens (tertiary/aromatic N) is 3. The third-order valence-electron chi connectivity index (χ3n) is 6.00. The SMILES string of the molecule is COc1ccc(/C(O)=C2\C(=O)C(=O)N(c3nc4ccc(OC)cc4s3)[C@@H]2c2cccc([N+](=O)[O-])c2)cc1. The number of hydrogen-bond donors (Lipinski definition) is 1. The second kappa shape index (κ2) is 9.36. The molecule has 1 atom stereocenters. The Bertz CT molecular complexity index is 1590. The number of aliphatic hydroxyl groups is 1. The molecule has 0 saturated carbocycles. The maximum atomic E-state index is 13.4. The van der Waals surface area contributed by atoms with Gasteiger partial charge in [0.15, 0.2) is 5.13 Å². The van der Waals surface area contributed by atoms with Gasteiger partial charge < -0.3 is 14.6 Å². The number of fused-ring (bicyclic) bond motifs is 1. The molecule has 11 heteroatoms. The molecular formula is C26H19N3O7S. The van der Waals surface area contributed by atoms with Crippen molar-refractivity contribution in [2.75, 3.05) is 19.1 Å². The maximum Gasteiger partial charge on any atom is 0.301 e. The standard InChI is InChI=1S/C26H19N3O7S/c1-35-17-8-6-14(7-9-17)23(30)21-22(15-4-3-5-16(12-15)29(33)34)28(25(32)24(21)31)26-27-19-11-10-18(36-2)13-20(19)37-26/h3-13,22,30H,1-2H3/b23-21+/t22-/m1/s1. The number of carbonyl (C=O) groups is 2. The summed E-state index contributed by atoms with van der Waals surface area (Å²) in [6, 6.07) is 16.0. The lowest BCUT2D eigenvalue weighted by Crippen LogP contribution is -2.29. The molecule has 0 unspecified atom stereocenters. The van der Waals surface area contributed by atoms with Gasteiger partial charge in [-0.2, -0.15) is 0 Å². The van der Waals surface area contributed by atoms with Crippen molar-refractivity contribution in [3.8, 4) is 11.5 Å². The summed E-state index contributed by atoms with van der Waals surface area (Å²) in [6.45, 7) is 0. The van der Waals surface area contributed by atoms with Gasteiger partial charge in [-0.1, -0.05) is 23.5 Å². The second-order valence-corrected chi connectivity index (χ2v) is 9.09. The van der Waals surface area contributed by atoms with E-state index in [9.17, 15) is 24.8 Å². The predicted molar refractivity (Wildman–Crippen MR) is 137 cm³/mol. The summed E-state index contributed by atoms with van der Waals surface area (Å²) in [7, 11) is 3.03. The maximum absolute atomic E-state index is 13.4. The molecule has 1 N–H and O–H groups in total. The Kier molecular flexibility index (Phi) is 6.06. The van der Waals surface area contributed by atoms with Crippen molar-refractivity contribution >= 4 is 49.8 Å². The number of thiazole rings is 1. The van der Waals surface area contributed by atoms with Crippen molar-refractivity contribution < 1.29 is 29.1 Å². The fourth-order valence-corrected chi connectivity index (χ4v) is 5.20. The summed E-state index contributed by atoms with van der Waals surface area (Å²) in [5, 5.41) is 22.9. The van der Waals surface area contributed by atoms with Gasteiger partial charge in [-0.25, -0.2) is 4.98 Å². The number of aliphatic hydroxyl groups excluding tert-OH is 1. The molecule has 2 heterocycles. The largest absolute Gasteiger partial charge is 0.507 e. The van der Waals surface area contributed by atoms with Gasteiger partial charge in [-0.3, -0.25) is 24.6 Å². The lowest BCUT2D eigenvalue weighted by atomic mass is 9.95. The summed E-state index contributed by atoms with van der Waals surface area (Å²) in [4.78, 5) is 43.3. The van der Waals surface area contributed by atoms with Crippen LogP contribution in [0.25, 0.3) is 16.0 Å². The van der Waals surface area contributed by atoms with E-state index in [1.165, 1.54) is 37.3 Å². The van der Waals surface area contributed by atoms with E-state index in [1.807, 2.05) is 0 Å². The van der Waals surface area contributed by atoms with Crippen LogP contribution >= 0.6 is 11.3 Å². The fourth-order valence-electron chi connectivity index (χ4n) is 4.18. The number of non-ortho nitro benzene ring substituents is 1. The van der Waals surface area contributed by atoms with Crippen LogP contribution in [0, 0.1) is 10.1 Å². The molecule has 1 saturated heterocycles. The molecule has 0 spiro atoms. The molecule has 1 amide bonds. The molecule has 0 radical (unpaired) electrons. The van der Waals surface area contributed by atoms with Gasteiger partial charge in [-0.05, 0) is 48.0 Å². The first kappa shape index (κ1) is 23.9. The number of carbonyl (C=O) groups excluding carboxylic acids is 2. The van der Waals surface area contributed by atoms with E-state index < -0.39 is 28.4 Å². The minimum atomic E-state index is -1.15. The van der Waals surface area contributed by atoms with Crippen molar-refractivity contribution in [2.24, 2.45) is 0 Å². The molecule has 0 bridgehead atoms. The summed E-state index contributed by atoms with van der Waals surface area (Å²) < 4.78 is 11.1. The van der Waals surface area contributed by atoms with Gasteiger partial charge in [0.25, 0.3) is 11.5 Å². The molecule has 4 aromatic rings. The van der Waals surface area contributed by atoms with E-state index in [0.29, 0.717) is 21.7 Å². The Morgan fingerprint density at radius 1 is 1.03 bits per heavy atom.